The number of nitrogens with zero attached hydrogens (tertiary/aromatic N) is 1. The number of aryl methyl sites for hydroxylation is 2. The number of ketones is 2. The van der Waals surface area contributed by atoms with Crippen LogP contribution in [-0.2, 0) is 23.6 Å². The number of Topliss-reactive ketones (excluding diaryl/α,β-unsaturated/α-hetero) is 2. The summed E-state index contributed by atoms with van der Waals surface area (Å²) in [4.78, 5) is 43.8. The molecule has 0 spiro atoms. The van der Waals surface area contributed by atoms with Crippen LogP contribution in [0.25, 0.3) is 6.08 Å². The molecule has 3 unspecified atom stereocenters. The maximum Gasteiger partial charge on any atom is 0.417 e. The normalized spacial score (nSPS) is 18.1. The average molecular weight is 709 g/mol. The van der Waals surface area contributed by atoms with Crippen molar-refractivity contribution in [3.8, 4) is 5.75 Å². The minimum absolute atomic E-state index is 0.0394. The second-order valence-electron chi connectivity index (χ2n) is 12.3. The van der Waals surface area contributed by atoms with Crippen LogP contribution < -0.4 is 10.1 Å². The Bertz CT molecular complexity index is 1950. The summed E-state index contributed by atoms with van der Waals surface area (Å²) in [5.41, 5.74) is -0.939. The molecule has 51 heavy (non-hydrogen) atoms. The second-order valence-corrected chi connectivity index (χ2v) is 12.3. The maximum atomic E-state index is 14.5. The average Bonchev–Trinajstić information content (AvgIpc) is 3.10. The van der Waals surface area contributed by atoms with Gasteiger partial charge in [-0.25, -0.2) is 0 Å². The zero-order valence-corrected chi connectivity index (χ0v) is 27.8. The zero-order valence-electron chi connectivity index (χ0n) is 27.8. The molecule has 1 N–H and O–H groups in total. The first-order chi connectivity index (χ1) is 24.1. The van der Waals surface area contributed by atoms with Crippen LogP contribution >= 0.6 is 0 Å². The lowest BCUT2D eigenvalue weighted by Crippen LogP contribution is -2.69. The van der Waals surface area contributed by atoms with Crippen LogP contribution in [0.15, 0.2) is 97.1 Å². The van der Waals surface area contributed by atoms with Gasteiger partial charge in [-0.2, -0.15) is 26.3 Å². The highest BCUT2D eigenvalue weighted by Crippen LogP contribution is 2.36. The summed E-state index contributed by atoms with van der Waals surface area (Å²) in [5, 5.41) is 3.05. The third-order valence-electron chi connectivity index (χ3n) is 8.97. The molecule has 266 valence electrons. The lowest BCUT2D eigenvalue weighted by Gasteiger charge is -2.45. The molecule has 1 amide bonds. The number of piperazine rings is 1. The van der Waals surface area contributed by atoms with Gasteiger partial charge in [0.05, 0.1) is 18.2 Å². The molecule has 4 aromatic rings. The fraction of sp³-hybridized carbons (Fsp3) is 0.256. The van der Waals surface area contributed by atoms with E-state index in [-0.39, 0.29) is 13.0 Å². The van der Waals surface area contributed by atoms with Crippen molar-refractivity contribution in [1.82, 2.24) is 10.2 Å². The van der Waals surface area contributed by atoms with Crippen LogP contribution in [0.5, 0.6) is 5.75 Å². The fourth-order valence-electron chi connectivity index (χ4n) is 6.25. The van der Waals surface area contributed by atoms with Gasteiger partial charge in [-0.3, -0.25) is 14.4 Å². The molecule has 0 radical (unpaired) electrons. The molecule has 5 rings (SSSR count). The molecule has 1 aliphatic heterocycles. The van der Waals surface area contributed by atoms with Gasteiger partial charge in [0.1, 0.15) is 17.8 Å². The summed E-state index contributed by atoms with van der Waals surface area (Å²) in [6, 6.07) is 15.6. The number of carbonyl (C=O) groups excluding carboxylic acids is 3. The van der Waals surface area contributed by atoms with Crippen molar-refractivity contribution < 1.29 is 45.5 Å². The van der Waals surface area contributed by atoms with Crippen LogP contribution in [0, 0.1) is 13.8 Å². The lowest BCUT2D eigenvalue weighted by atomic mass is 9.84. The first-order valence-electron chi connectivity index (χ1n) is 15.9. The van der Waals surface area contributed by atoms with Crippen molar-refractivity contribution in [3.63, 3.8) is 0 Å². The summed E-state index contributed by atoms with van der Waals surface area (Å²) in [7, 11) is 1.47. The van der Waals surface area contributed by atoms with E-state index in [2.05, 4.69) is 5.32 Å². The second kappa shape index (κ2) is 14.9. The zero-order chi connectivity index (χ0) is 37.1. The van der Waals surface area contributed by atoms with Gasteiger partial charge in [0.15, 0.2) is 11.6 Å². The number of carbonyl (C=O) groups is 3. The smallest absolute Gasteiger partial charge is 0.417 e. The summed E-state index contributed by atoms with van der Waals surface area (Å²) in [6.07, 6.45) is -7.44. The van der Waals surface area contributed by atoms with E-state index in [4.69, 9.17) is 4.74 Å². The quantitative estimate of drug-likeness (QED) is 0.109. The van der Waals surface area contributed by atoms with Crippen molar-refractivity contribution in [1.29, 1.82) is 0 Å². The highest BCUT2D eigenvalue weighted by molar-refractivity contribution is 6.09. The first-order valence-corrected chi connectivity index (χ1v) is 15.9. The Morgan fingerprint density at radius 2 is 1.35 bits per heavy atom. The SMILES string of the molecule is COc1ccc(/C=C/C(=O)N2C(C(=O)c3ccccc3C(F)(F)F)CNC(Cc3ccc(C)c(C)c3)C2C(=O)c2ccccc2C(F)(F)F)cc1. The Kier molecular flexibility index (Phi) is 10.8. The molecular weight excluding hydrogens is 674 g/mol. The van der Waals surface area contributed by atoms with Crippen molar-refractivity contribution >= 4 is 23.5 Å². The maximum absolute atomic E-state index is 14.5. The van der Waals surface area contributed by atoms with Gasteiger partial charge in [-0.05, 0) is 72.9 Å². The molecule has 1 saturated heterocycles. The van der Waals surface area contributed by atoms with E-state index in [0.29, 0.717) is 16.9 Å². The van der Waals surface area contributed by atoms with E-state index in [1.807, 2.05) is 26.0 Å². The number of hydrogen-bond acceptors (Lipinski definition) is 5. The molecular formula is C39H34F6N2O4. The number of halogens is 6. The van der Waals surface area contributed by atoms with Gasteiger partial charge in [0, 0.05) is 29.8 Å². The molecule has 3 atom stereocenters. The summed E-state index contributed by atoms with van der Waals surface area (Å²) >= 11 is 0. The number of amides is 1. The fourth-order valence-corrected chi connectivity index (χ4v) is 6.25. The highest BCUT2D eigenvalue weighted by atomic mass is 19.4. The topological polar surface area (TPSA) is 75.7 Å². The van der Waals surface area contributed by atoms with Crippen LogP contribution in [-0.4, -0.2) is 54.2 Å². The number of ether oxygens (including phenoxy) is 1. The van der Waals surface area contributed by atoms with E-state index in [0.717, 1.165) is 58.5 Å². The predicted molar refractivity (Wildman–Crippen MR) is 179 cm³/mol. The number of methoxy groups -OCH3 is 1. The molecule has 0 aromatic heterocycles. The van der Waals surface area contributed by atoms with Gasteiger partial charge in [-0.1, -0.05) is 66.7 Å². The summed E-state index contributed by atoms with van der Waals surface area (Å²) in [5.74, 6) is -2.69. The predicted octanol–water partition coefficient (Wildman–Crippen LogP) is 7.91. The minimum Gasteiger partial charge on any atom is -0.497 e. The molecule has 1 fully saturated rings. The van der Waals surface area contributed by atoms with Crippen molar-refractivity contribution in [3.05, 3.63) is 142 Å². The Balaban J connectivity index is 1.68. The van der Waals surface area contributed by atoms with E-state index >= 15 is 0 Å². The molecule has 12 heteroatoms. The first kappa shape index (κ1) is 37.0. The standard InChI is InChI=1S/C39H34F6N2O4/c1-23-12-13-26(20-24(23)2)21-32-35(37(50)29-9-5-7-11-31(29)39(43,44)45)47(34(48)19-16-25-14-17-27(51-3)18-15-25)33(22-46-32)36(49)28-8-4-6-10-30(28)38(40,41)42/h4-20,32-33,35,46H,21-22H2,1-3H3/b19-16+. The van der Waals surface area contributed by atoms with E-state index in [1.54, 1.807) is 30.3 Å². The summed E-state index contributed by atoms with van der Waals surface area (Å²) in [6.45, 7) is 3.37. The van der Waals surface area contributed by atoms with E-state index < -0.39 is 70.2 Å². The molecule has 4 aromatic carbocycles. The number of hydrogen-bond donors (Lipinski definition) is 1. The van der Waals surface area contributed by atoms with Crippen LogP contribution in [0.4, 0.5) is 26.3 Å². The lowest BCUT2D eigenvalue weighted by molar-refractivity contribution is -0.138. The van der Waals surface area contributed by atoms with Crippen LogP contribution in [0.3, 0.4) is 0 Å². The van der Waals surface area contributed by atoms with Crippen molar-refractivity contribution in [2.75, 3.05) is 13.7 Å². The molecule has 1 heterocycles. The number of nitrogens with one attached hydrogen (secondary N) is 1. The Hall–Kier alpha value is -5.23. The monoisotopic (exact) mass is 708 g/mol. The minimum atomic E-state index is -4.96. The molecule has 0 saturated carbocycles. The van der Waals surface area contributed by atoms with Gasteiger partial charge < -0.3 is 15.0 Å². The van der Waals surface area contributed by atoms with Gasteiger partial charge in [-0.15, -0.1) is 0 Å². The molecule has 1 aliphatic rings. The van der Waals surface area contributed by atoms with Gasteiger partial charge in [0.25, 0.3) is 0 Å². The summed E-state index contributed by atoms with van der Waals surface area (Å²) < 4.78 is 90.3. The van der Waals surface area contributed by atoms with Crippen LogP contribution in [0.2, 0.25) is 0 Å². The Morgan fingerprint density at radius 3 is 1.90 bits per heavy atom. The Morgan fingerprint density at radius 1 is 0.784 bits per heavy atom. The van der Waals surface area contributed by atoms with Crippen LogP contribution in [0.1, 0.15) is 54.1 Å². The number of benzene rings is 4. The molecule has 6 nitrogen and oxygen atoms in total. The van der Waals surface area contributed by atoms with E-state index in [9.17, 15) is 40.7 Å². The number of rotatable bonds is 9. The van der Waals surface area contributed by atoms with Crippen molar-refractivity contribution in [2.24, 2.45) is 0 Å². The van der Waals surface area contributed by atoms with Gasteiger partial charge >= 0.3 is 12.4 Å². The molecule has 0 aliphatic carbocycles. The van der Waals surface area contributed by atoms with Gasteiger partial charge in [0.2, 0.25) is 5.91 Å². The number of alkyl halides is 6. The molecule has 0 bridgehead atoms. The largest absolute Gasteiger partial charge is 0.497 e. The van der Waals surface area contributed by atoms with E-state index in [1.165, 1.54) is 25.3 Å². The Labute approximate surface area is 290 Å². The van der Waals surface area contributed by atoms with Crippen molar-refractivity contribution in [2.45, 2.75) is 50.7 Å². The third kappa shape index (κ3) is 8.23. The third-order valence-corrected chi connectivity index (χ3v) is 8.97. The highest BCUT2D eigenvalue weighted by Gasteiger charge is 2.49.